The van der Waals surface area contributed by atoms with Crippen molar-refractivity contribution in [2.24, 2.45) is 4.99 Å². The van der Waals surface area contributed by atoms with Crippen LogP contribution < -0.4 is 30.7 Å². The molecule has 336 valence electrons. The number of aliphatic imine (C=N–C) groups is 1. The summed E-state index contributed by atoms with van der Waals surface area (Å²) in [6, 6.07) is 28.4. The van der Waals surface area contributed by atoms with Crippen molar-refractivity contribution < 1.29 is 47.7 Å². The van der Waals surface area contributed by atoms with Crippen LogP contribution >= 0.6 is 0 Å². The standard InChI is InChI=1S/C49H55N5O10/c1-9-28-61-38-25-23-31-16-10-12-20-35(31)41(38)42-36-21-13-11-17-32(36)24-26-39(42)62-30-40(55)52-37(43(56)51-34-19-14-18-33(29-34)44(57)60-8)22-15-27-50-45(53-46(58)63-48(2,3)4)54-47(59)64-49(5,6)7/h9-14,16-21,23-26,29,37H,1,15,22,27-28,30H2,2-8H3,(H,51,56)(H,52,55)(H2,50,53,54,58,59)/t37-/m1/s1. The number of anilines is 1. The van der Waals surface area contributed by atoms with Gasteiger partial charge in [0.1, 0.15) is 35.3 Å². The van der Waals surface area contributed by atoms with Gasteiger partial charge in [-0.25, -0.2) is 14.4 Å². The average molecular weight is 874 g/mol. The zero-order chi connectivity index (χ0) is 46.4. The van der Waals surface area contributed by atoms with E-state index in [0.29, 0.717) is 11.5 Å². The van der Waals surface area contributed by atoms with Crippen LogP contribution in [0.25, 0.3) is 32.7 Å². The summed E-state index contributed by atoms with van der Waals surface area (Å²) in [5, 5.41) is 14.1. The number of carbonyl (C=O) groups excluding carboxylic acids is 5. The van der Waals surface area contributed by atoms with Crippen molar-refractivity contribution in [2.75, 3.05) is 32.2 Å². The number of hydrogen-bond donors (Lipinski definition) is 4. The van der Waals surface area contributed by atoms with Crippen molar-refractivity contribution in [3.8, 4) is 22.6 Å². The first-order chi connectivity index (χ1) is 30.4. The molecule has 0 spiro atoms. The van der Waals surface area contributed by atoms with Crippen molar-refractivity contribution in [3.05, 3.63) is 115 Å². The van der Waals surface area contributed by atoms with Gasteiger partial charge in [-0.15, -0.1) is 0 Å². The topological polar surface area (TPSA) is 192 Å². The zero-order valence-corrected chi connectivity index (χ0v) is 37.2. The Morgan fingerprint density at radius 1 is 0.719 bits per heavy atom. The van der Waals surface area contributed by atoms with Crippen molar-refractivity contribution in [2.45, 2.75) is 71.6 Å². The lowest BCUT2D eigenvalue weighted by Crippen LogP contribution is -2.47. The first-order valence-corrected chi connectivity index (χ1v) is 20.7. The molecule has 0 saturated carbocycles. The number of methoxy groups -OCH3 is 1. The summed E-state index contributed by atoms with van der Waals surface area (Å²) >= 11 is 0. The van der Waals surface area contributed by atoms with E-state index < -0.39 is 53.8 Å². The third-order valence-corrected chi connectivity index (χ3v) is 9.11. The number of fused-ring (bicyclic) bond motifs is 2. The van der Waals surface area contributed by atoms with Crippen LogP contribution in [0.5, 0.6) is 11.5 Å². The minimum absolute atomic E-state index is 0.0172. The second-order valence-electron chi connectivity index (χ2n) is 16.5. The third-order valence-electron chi connectivity index (χ3n) is 9.11. The van der Waals surface area contributed by atoms with E-state index in [1.165, 1.54) is 19.2 Å². The first kappa shape index (κ1) is 47.6. The molecule has 0 radical (unpaired) electrons. The molecule has 64 heavy (non-hydrogen) atoms. The number of benzene rings is 5. The third kappa shape index (κ3) is 13.8. The molecule has 15 nitrogen and oxygen atoms in total. The number of nitrogens with one attached hydrogen (secondary N) is 4. The monoisotopic (exact) mass is 873 g/mol. The lowest BCUT2D eigenvalue weighted by atomic mass is 9.92. The van der Waals surface area contributed by atoms with Gasteiger partial charge in [0.25, 0.3) is 5.91 Å². The Balaban J connectivity index is 1.41. The summed E-state index contributed by atoms with van der Waals surface area (Å²) < 4.78 is 28.0. The van der Waals surface area contributed by atoms with Gasteiger partial charge in [-0.05, 0) is 106 Å². The van der Waals surface area contributed by atoms with Crippen LogP contribution in [0.1, 0.15) is 64.7 Å². The van der Waals surface area contributed by atoms with Crippen LogP contribution in [0.4, 0.5) is 15.3 Å². The van der Waals surface area contributed by atoms with E-state index >= 15 is 0 Å². The lowest BCUT2D eigenvalue weighted by molar-refractivity contribution is -0.128. The number of alkyl carbamates (subject to hydrolysis) is 2. The number of hydrogen-bond acceptors (Lipinski definition) is 11. The maximum atomic E-state index is 13.9. The van der Waals surface area contributed by atoms with Crippen LogP contribution in [0.15, 0.2) is 115 Å². The highest BCUT2D eigenvalue weighted by Gasteiger charge is 2.25. The van der Waals surface area contributed by atoms with Gasteiger partial charge in [0.2, 0.25) is 11.9 Å². The fourth-order valence-electron chi connectivity index (χ4n) is 6.52. The zero-order valence-electron chi connectivity index (χ0n) is 37.2. The highest BCUT2D eigenvalue weighted by Crippen LogP contribution is 2.45. The maximum Gasteiger partial charge on any atom is 0.414 e. The van der Waals surface area contributed by atoms with Crippen molar-refractivity contribution in [1.29, 1.82) is 0 Å². The predicted molar refractivity (Wildman–Crippen MR) is 247 cm³/mol. The molecule has 0 unspecified atom stereocenters. The van der Waals surface area contributed by atoms with E-state index in [4.69, 9.17) is 23.7 Å². The van der Waals surface area contributed by atoms with Crippen molar-refractivity contribution in [3.63, 3.8) is 0 Å². The Morgan fingerprint density at radius 3 is 1.83 bits per heavy atom. The smallest absolute Gasteiger partial charge is 0.414 e. The SMILES string of the molecule is C=CCOc1ccc2ccccc2c1-c1c(OCC(=O)N[C@H](CCCN=C(NC(=O)OC(C)(C)C)NC(=O)OC(C)(C)C)C(=O)Nc2cccc(C(=O)OC)c2)ccc2ccccc12. The molecule has 0 heterocycles. The summed E-state index contributed by atoms with van der Waals surface area (Å²) in [7, 11) is 1.25. The average Bonchev–Trinajstić information content (AvgIpc) is 3.23. The number of carbonyl (C=O) groups is 5. The number of nitrogens with zero attached hydrogens (tertiary/aromatic N) is 1. The van der Waals surface area contributed by atoms with Gasteiger partial charge in [-0.3, -0.25) is 25.2 Å². The van der Waals surface area contributed by atoms with E-state index in [1.54, 1.807) is 65.8 Å². The van der Waals surface area contributed by atoms with Gasteiger partial charge in [0.05, 0.1) is 12.7 Å². The van der Waals surface area contributed by atoms with Crippen LogP contribution in [0.3, 0.4) is 0 Å². The molecular formula is C49H55N5O10. The van der Waals surface area contributed by atoms with Crippen LogP contribution in [-0.4, -0.2) is 80.0 Å². The Hall–Kier alpha value is -7.42. The van der Waals surface area contributed by atoms with E-state index in [0.717, 1.165) is 32.7 Å². The molecular weight excluding hydrogens is 819 g/mol. The molecule has 4 N–H and O–H groups in total. The number of esters is 1. The molecule has 0 aliphatic rings. The molecule has 15 heteroatoms. The van der Waals surface area contributed by atoms with E-state index in [1.807, 2.05) is 66.7 Å². The molecule has 0 saturated heterocycles. The fraction of sp³-hybridized carbons (Fsp3) is 0.306. The normalized spacial score (nSPS) is 11.7. The van der Waals surface area contributed by atoms with Crippen molar-refractivity contribution in [1.82, 2.24) is 16.0 Å². The van der Waals surface area contributed by atoms with Gasteiger partial charge in [-0.2, -0.15) is 0 Å². The molecule has 4 amide bonds. The Labute approximate surface area is 372 Å². The molecule has 5 aromatic rings. The van der Waals surface area contributed by atoms with Crippen molar-refractivity contribution >= 4 is 63.2 Å². The molecule has 0 aliphatic heterocycles. The van der Waals surface area contributed by atoms with Crippen LogP contribution in [0.2, 0.25) is 0 Å². The summed E-state index contributed by atoms with van der Waals surface area (Å²) in [6.07, 6.45) is 0.165. The summed E-state index contributed by atoms with van der Waals surface area (Å²) in [5.41, 5.74) is 0.318. The van der Waals surface area contributed by atoms with E-state index in [-0.39, 0.29) is 43.2 Å². The van der Waals surface area contributed by atoms with E-state index in [9.17, 15) is 24.0 Å². The van der Waals surface area contributed by atoms with Gasteiger partial charge >= 0.3 is 18.2 Å². The molecule has 0 fully saturated rings. The second-order valence-corrected chi connectivity index (χ2v) is 16.5. The lowest BCUT2D eigenvalue weighted by Gasteiger charge is -2.22. The highest BCUT2D eigenvalue weighted by atomic mass is 16.6. The highest BCUT2D eigenvalue weighted by molar-refractivity contribution is 6.10. The summed E-state index contributed by atoms with van der Waals surface area (Å²) in [6.45, 7) is 13.7. The molecule has 0 aliphatic carbocycles. The molecule has 1 atom stereocenters. The Morgan fingerprint density at radius 2 is 1.28 bits per heavy atom. The fourth-order valence-corrected chi connectivity index (χ4v) is 6.52. The summed E-state index contributed by atoms with van der Waals surface area (Å²) in [5.74, 6) is -1.02. The summed E-state index contributed by atoms with van der Waals surface area (Å²) in [4.78, 5) is 69.6. The van der Waals surface area contributed by atoms with Crippen LogP contribution in [0, 0.1) is 0 Å². The number of rotatable bonds is 15. The number of guanidine groups is 1. The molecule has 0 bridgehead atoms. The minimum Gasteiger partial charge on any atom is -0.489 e. The molecule has 5 aromatic carbocycles. The quantitative estimate of drug-likeness (QED) is 0.0198. The first-order valence-electron chi connectivity index (χ1n) is 20.7. The number of ether oxygens (including phenoxy) is 5. The second kappa shape index (κ2) is 21.6. The van der Waals surface area contributed by atoms with Gasteiger partial charge in [0, 0.05) is 23.4 Å². The molecule has 0 aromatic heterocycles. The Kier molecular flexibility index (Phi) is 16.1. The van der Waals surface area contributed by atoms with Gasteiger partial charge < -0.3 is 34.3 Å². The number of amides is 4. The van der Waals surface area contributed by atoms with Gasteiger partial charge in [-0.1, -0.05) is 79.4 Å². The maximum absolute atomic E-state index is 13.9. The largest absolute Gasteiger partial charge is 0.489 e. The predicted octanol–water partition coefficient (Wildman–Crippen LogP) is 8.70. The Bertz CT molecular complexity index is 2510. The van der Waals surface area contributed by atoms with Crippen LogP contribution in [-0.2, 0) is 23.8 Å². The van der Waals surface area contributed by atoms with E-state index in [2.05, 4.69) is 32.8 Å². The minimum atomic E-state index is -1.14. The molecule has 5 rings (SSSR count). The van der Waals surface area contributed by atoms with Gasteiger partial charge in [0.15, 0.2) is 6.61 Å².